The molecule has 0 aliphatic rings. The van der Waals surface area contributed by atoms with Gasteiger partial charge in [0, 0.05) is 11.6 Å². The maximum absolute atomic E-state index is 11.3. The molecule has 0 aromatic carbocycles. The number of carbonyl (C=O) groups excluding carboxylic acids is 1. The van der Waals surface area contributed by atoms with Gasteiger partial charge >= 0.3 is 5.97 Å². The highest BCUT2D eigenvalue weighted by atomic mass is 32.1. The highest BCUT2D eigenvalue weighted by Crippen LogP contribution is 2.13. The first kappa shape index (κ1) is 8.89. The molecule has 2 aromatic heterocycles. The average Bonchev–Trinajstić information content (AvgIpc) is 2.85. The number of esters is 1. The van der Waals surface area contributed by atoms with Crippen LogP contribution in [0.4, 0.5) is 0 Å². The summed E-state index contributed by atoms with van der Waals surface area (Å²) >= 11 is 1.40. The van der Waals surface area contributed by atoms with Crippen molar-refractivity contribution in [1.82, 2.24) is 14.8 Å². The Morgan fingerprint density at radius 3 is 3.07 bits per heavy atom. The summed E-state index contributed by atoms with van der Waals surface area (Å²) in [4.78, 5) is 15.3. The Morgan fingerprint density at radius 2 is 2.43 bits per heavy atom. The molecule has 5 nitrogen and oxygen atoms in total. The predicted octanol–water partition coefficient (Wildman–Crippen LogP) is 1.12. The van der Waals surface area contributed by atoms with E-state index in [-0.39, 0.29) is 0 Å². The van der Waals surface area contributed by atoms with Gasteiger partial charge in [0.2, 0.25) is 5.13 Å². The van der Waals surface area contributed by atoms with E-state index in [0.29, 0.717) is 10.8 Å². The molecule has 2 rings (SSSR count). The van der Waals surface area contributed by atoms with Gasteiger partial charge < -0.3 is 4.74 Å². The van der Waals surface area contributed by atoms with Gasteiger partial charge in [0.05, 0.1) is 13.3 Å². The topological polar surface area (TPSA) is 57.0 Å². The van der Waals surface area contributed by atoms with Gasteiger partial charge in [-0.15, -0.1) is 11.3 Å². The van der Waals surface area contributed by atoms with Crippen LogP contribution in [0.15, 0.2) is 23.8 Å². The van der Waals surface area contributed by atoms with Crippen molar-refractivity contribution in [2.75, 3.05) is 7.11 Å². The lowest BCUT2D eigenvalue weighted by molar-refractivity contribution is 0.0590. The number of carbonyl (C=O) groups is 1. The minimum absolute atomic E-state index is 0.377. The first-order chi connectivity index (χ1) is 6.83. The molecule has 0 saturated heterocycles. The number of aromatic nitrogens is 3. The second-order valence-electron chi connectivity index (χ2n) is 2.43. The molecule has 0 radical (unpaired) electrons. The van der Waals surface area contributed by atoms with Crippen molar-refractivity contribution in [3.8, 4) is 5.13 Å². The molecule has 0 unspecified atom stereocenters. The molecule has 0 atom stereocenters. The molecule has 0 fully saturated rings. The lowest BCUT2D eigenvalue weighted by Gasteiger charge is -2.00. The van der Waals surface area contributed by atoms with E-state index < -0.39 is 5.97 Å². The second kappa shape index (κ2) is 3.59. The number of nitrogens with zero attached hydrogens (tertiary/aromatic N) is 3. The van der Waals surface area contributed by atoms with E-state index in [1.165, 1.54) is 29.3 Å². The summed E-state index contributed by atoms with van der Waals surface area (Å²) < 4.78 is 6.07. The number of hydrogen-bond acceptors (Lipinski definition) is 5. The summed E-state index contributed by atoms with van der Waals surface area (Å²) in [5.41, 5.74) is 0.377. The molecule has 0 N–H and O–H groups in total. The van der Waals surface area contributed by atoms with Crippen molar-refractivity contribution in [2.24, 2.45) is 0 Å². The average molecular weight is 209 g/mol. The summed E-state index contributed by atoms with van der Waals surface area (Å²) in [6.07, 6.45) is 3.19. The van der Waals surface area contributed by atoms with Crippen LogP contribution in [0.2, 0.25) is 0 Å². The Balaban J connectivity index is 2.45. The fraction of sp³-hybridized carbons (Fsp3) is 0.125. The fourth-order valence-corrected chi connectivity index (χ4v) is 1.65. The minimum atomic E-state index is -0.419. The molecule has 0 aliphatic carbocycles. The molecule has 0 aliphatic heterocycles. The largest absolute Gasteiger partial charge is 0.464 e. The zero-order valence-corrected chi connectivity index (χ0v) is 8.19. The van der Waals surface area contributed by atoms with Crippen LogP contribution in [0.5, 0.6) is 0 Å². The van der Waals surface area contributed by atoms with Gasteiger partial charge in [0.25, 0.3) is 0 Å². The quantitative estimate of drug-likeness (QED) is 0.695. The zero-order chi connectivity index (χ0) is 9.97. The number of methoxy groups -OCH3 is 1. The molecule has 2 heterocycles. The number of rotatable bonds is 2. The number of thiazole rings is 1. The minimum Gasteiger partial charge on any atom is -0.464 e. The third kappa shape index (κ3) is 1.39. The molecule has 0 bridgehead atoms. The summed E-state index contributed by atoms with van der Waals surface area (Å²) in [5, 5.41) is 6.46. The van der Waals surface area contributed by atoms with Crippen LogP contribution in [-0.2, 0) is 4.74 Å². The predicted molar refractivity (Wildman–Crippen MR) is 50.6 cm³/mol. The molecule has 0 spiro atoms. The summed E-state index contributed by atoms with van der Waals surface area (Å²) in [5.74, 6) is -0.419. The molecule has 0 amide bonds. The van der Waals surface area contributed by atoms with Gasteiger partial charge in [0.15, 0.2) is 5.69 Å². The van der Waals surface area contributed by atoms with Crippen LogP contribution >= 0.6 is 11.3 Å². The van der Waals surface area contributed by atoms with Crippen molar-refractivity contribution < 1.29 is 9.53 Å². The van der Waals surface area contributed by atoms with E-state index in [2.05, 4.69) is 14.8 Å². The van der Waals surface area contributed by atoms with Gasteiger partial charge in [-0.2, -0.15) is 9.78 Å². The van der Waals surface area contributed by atoms with Crippen LogP contribution in [0, 0.1) is 0 Å². The number of ether oxygens (including phenoxy) is 1. The monoisotopic (exact) mass is 209 g/mol. The Bertz CT molecular complexity index is 435. The SMILES string of the molecule is COC(=O)c1ccnn1-c1nccs1. The molecular weight excluding hydrogens is 202 g/mol. The normalized spacial score (nSPS) is 10.1. The Kier molecular flexibility index (Phi) is 2.28. The lowest BCUT2D eigenvalue weighted by atomic mass is 10.4. The van der Waals surface area contributed by atoms with Crippen molar-refractivity contribution >= 4 is 17.3 Å². The van der Waals surface area contributed by atoms with E-state index in [1.54, 1.807) is 12.3 Å². The summed E-state index contributed by atoms with van der Waals surface area (Å²) in [6, 6.07) is 1.59. The van der Waals surface area contributed by atoms with Crippen LogP contribution in [0.1, 0.15) is 10.5 Å². The van der Waals surface area contributed by atoms with Gasteiger partial charge in [-0.3, -0.25) is 0 Å². The molecular formula is C8H7N3O2S. The van der Waals surface area contributed by atoms with Gasteiger partial charge in [0.1, 0.15) is 0 Å². The van der Waals surface area contributed by atoms with Crippen LogP contribution in [0.25, 0.3) is 5.13 Å². The van der Waals surface area contributed by atoms with Crippen molar-refractivity contribution in [2.45, 2.75) is 0 Å². The van der Waals surface area contributed by atoms with Crippen LogP contribution in [-0.4, -0.2) is 27.8 Å². The maximum atomic E-state index is 11.3. The highest BCUT2D eigenvalue weighted by molar-refractivity contribution is 7.12. The van der Waals surface area contributed by atoms with Gasteiger partial charge in [-0.1, -0.05) is 0 Å². The molecule has 0 saturated carbocycles. The molecule has 2 aromatic rings. The van der Waals surface area contributed by atoms with E-state index in [4.69, 9.17) is 0 Å². The van der Waals surface area contributed by atoms with E-state index in [9.17, 15) is 4.79 Å². The van der Waals surface area contributed by atoms with Crippen LogP contribution in [0.3, 0.4) is 0 Å². The van der Waals surface area contributed by atoms with Gasteiger partial charge in [-0.25, -0.2) is 9.78 Å². The van der Waals surface area contributed by atoms with E-state index >= 15 is 0 Å². The third-order valence-electron chi connectivity index (χ3n) is 1.64. The van der Waals surface area contributed by atoms with Gasteiger partial charge in [-0.05, 0) is 6.07 Å². The fourth-order valence-electron chi connectivity index (χ4n) is 1.04. The Morgan fingerprint density at radius 1 is 1.57 bits per heavy atom. The Labute approximate surface area is 84.0 Å². The van der Waals surface area contributed by atoms with E-state index in [0.717, 1.165) is 0 Å². The summed E-state index contributed by atoms with van der Waals surface area (Å²) in [6.45, 7) is 0. The zero-order valence-electron chi connectivity index (χ0n) is 7.38. The Hall–Kier alpha value is -1.69. The molecule has 72 valence electrons. The second-order valence-corrected chi connectivity index (χ2v) is 3.31. The maximum Gasteiger partial charge on any atom is 0.356 e. The van der Waals surface area contributed by atoms with Crippen molar-refractivity contribution in [3.05, 3.63) is 29.5 Å². The first-order valence-electron chi connectivity index (χ1n) is 3.85. The number of hydrogen-bond donors (Lipinski definition) is 0. The van der Waals surface area contributed by atoms with Crippen LogP contribution < -0.4 is 0 Å². The van der Waals surface area contributed by atoms with E-state index in [1.807, 2.05) is 5.38 Å². The van der Waals surface area contributed by atoms with Crippen molar-refractivity contribution in [1.29, 1.82) is 0 Å². The highest BCUT2D eigenvalue weighted by Gasteiger charge is 2.14. The standard InChI is InChI=1S/C8H7N3O2S/c1-13-7(12)6-2-3-10-11(6)8-9-4-5-14-8/h2-5H,1H3. The van der Waals surface area contributed by atoms with Crippen molar-refractivity contribution in [3.63, 3.8) is 0 Å². The lowest BCUT2D eigenvalue weighted by Crippen LogP contribution is -2.09. The first-order valence-corrected chi connectivity index (χ1v) is 4.73. The molecule has 14 heavy (non-hydrogen) atoms. The molecule has 6 heteroatoms. The third-order valence-corrected chi connectivity index (χ3v) is 2.38. The summed E-state index contributed by atoms with van der Waals surface area (Å²) in [7, 11) is 1.33. The smallest absolute Gasteiger partial charge is 0.356 e.